The predicted molar refractivity (Wildman–Crippen MR) is 77.2 cm³/mol. The van der Waals surface area contributed by atoms with E-state index in [0.717, 1.165) is 0 Å². The first-order valence-corrected chi connectivity index (χ1v) is 7.63. The first-order chi connectivity index (χ1) is 9.46. The van der Waals surface area contributed by atoms with Gasteiger partial charge in [0, 0.05) is 32.6 Å². The van der Waals surface area contributed by atoms with Crippen LogP contribution < -0.4 is 10.0 Å². The van der Waals surface area contributed by atoms with Crippen molar-refractivity contribution in [2.45, 2.75) is 18.2 Å². The zero-order valence-corrected chi connectivity index (χ0v) is 12.4. The Labute approximate surface area is 118 Å². The van der Waals surface area contributed by atoms with E-state index >= 15 is 0 Å². The van der Waals surface area contributed by atoms with Crippen molar-refractivity contribution in [2.75, 3.05) is 17.1 Å². The second kappa shape index (κ2) is 5.49. The quantitative estimate of drug-likeness (QED) is 0.865. The monoisotopic (exact) mass is 295 g/mol. The Bertz CT molecular complexity index is 708. The van der Waals surface area contributed by atoms with E-state index in [2.05, 4.69) is 20.1 Å². The molecule has 0 aliphatic carbocycles. The van der Waals surface area contributed by atoms with Gasteiger partial charge in [-0.3, -0.25) is 9.40 Å². The van der Waals surface area contributed by atoms with Crippen LogP contribution in [-0.2, 0) is 23.5 Å². The molecule has 0 radical (unpaired) electrons. The van der Waals surface area contributed by atoms with E-state index in [1.54, 1.807) is 25.0 Å². The maximum atomic E-state index is 12.3. The van der Waals surface area contributed by atoms with Gasteiger partial charge in [0.1, 0.15) is 5.82 Å². The van der Waals surface area contributed by atoms with Crippen LogP contribution in [0.25, 0.3) is 0 Å². The summed E-state index contributed by atoms with van der Waals surface area (Å²) in [7, 11) is -0.213. The average molecular weight is 295 g/mol. The summed E-state index contributed by atoms with van der Waals surface area (Å²) in [4.78, 5) is 4.15. The molecule has 0 aliphatic heterocycles. The Balaban J connectivity index is 2.35. The Morgan fingerprint density at radius 3 is 2.80 bits per heavy atom. The number of sulfonamides is 1. The Hall–Kier alpha value is -2.09. The number of aryl methyl sites for hydroxylation is 2. The van der Waals surface area contributed by atoms with E-state index in [1.807, 2.05) is 6.92 Å². The number of pyridine rings is 1. The number of anilines is 2. The van der Waals surface area contributed by atoms with Crippen LogP contribution in [0, 0.1) is 0 Å². The lowest BCUT2D eigenvalue weighted by molar-refractivity contribution is 0.601. The van der Waals surface area contributed by atoms with E-state index in [0.29, 0.717) is 23.6 Å². The van der Waals surface area contributed by atoms with Crippen molar-refractivity contribution >= 4 is 21.5 Å². The van der Waals surface area contributed by atoms with Crippen molar-refractivity contribution < 1.29 is 8.42 Å². The lowest BCUT2D eigenvalue weighted by atomic mass is 10.3. The summed E-state index contributed by atoms with van der Waals surface area (Å²) in [5.41, 5.74) is 1.21. The van der Waals surface area contributed by atoms with Crippen LogP contribution in [0.1, 0.15) is 12.6 Å². The minimum absolute atomic E-state index is 0.155. The summed E-state index contributed by atoms with van der Waals surface area (Å²) < 4.78 is 28.8. The fraction of sp³-hybridized carbons (Fsp3) is 0.333. The first kappa shape index (κ1) is 14.3. The van der Waals surface area contributed by atoms with Gasteiger partial charge in [0.15, 0.2) is 0 Å². The molecular weight excluding hydrogens is 278 g/mol. The first-order valence-electron chi connectivity index (χ1n) is 6.15. The maximum Gasteiger partial charge on any atom is 0.262 e. The highest BCUT2D eigenvalue weighted by molar-refractivity contribution is 7.92. The normalized spacial score (nSPS) is 11.3. The summed E-state index contributed by atoms with van der Waals surface area (Å²) in [5, 5.41) is 7.02. The molecule has 0 fully saturated rings. The lowest BCUT2D eigenvalue weighted by Gasteiger charge is -2.08. The molecule has 8 heteroatoms. The molecular formula is C12H17N5O2S. The van der Waals surface area contributed by atoms with Crippen LogP contribution in [0.5, 0.6) is 0 Å². The van der Waals surface area contributed by atoms with Crippen molar-refractivity contribution in [3.8, 4) is 0 Å². The second-order valence-corrected chi connectivity index (χ2v) is 5.93. The fourth-order valence-electron chi connectivity index (χ4n) is 1.80. The summed E-state index contributed by atoms with van der Waals surface area (Å²) in [6.45, 7) is 1.92. The van der Waals surface area contributed by atoms with Gasteiger partial charge in [-0.05, 0) is 12.5 Å². The van der Waals surface area contributed by atoms with E-state index in [4.69, 9.17) is 0 Å². The lowest BCUT2D eigenvalue weighted by Crippen LogP contribution is -2.14. The minimum atomic E-state index is -3.65. The minimum Gasteiger partial charge on any atom is -0.373 e. The Kier molecular flexibility index (Phi) is 3.93. The van der Waals surface area contributed by atoms with Crippen LogP contribution in [0.2, 0.25) is 0 Å². The van der Waals surface area contributed by atoms with Gasteiger partial charge < -0.3 is 5.32 Å². The predicted octanol–water partition coefficient (Wildman–Crippen LogP) is 1.22. The van der Waals surface area contributed by atoms with Crippen molar-refractivity contribution in [3.05, 3.63) is 30.2 Å². The second-order valence-electron chi connectivity index (χ2n) is 4.25. The molecule has 0 saturated heterocycles. The molecule has 2 rings (SSSR count). The number of hydrogen-bond acceptors (Lipinski definition) is 5. The topological polar surface area (TPSA) is 88.9 Å². The van der Waals surface area contributed by atoms with Crippen molar-refractivity contribution in [3.63, 3.8) is 0 Å². The van der Waals surface area contributed by atoms with Crippen molar-refractivity contribution in [2.24, 2.45) is 7.05 Å². The van der Waals surface area contributed by atoms with Gasteiger partial charge in [-0.25, -0.2) is 13.4 Å². The largest absolute Gasteiger partial charge is 0.373 e. The highest BCUT2D eigenvalue weighted by Crippen LogP contribution is 2.20. The average Bonchev–Trinajstić information content (AvgIpc) is 2.78. The van der Waals surface area contributed by atoms with Crippen LogP contribution in [0.15, 0.2) is 29.4 Å². The van der Waals surface area contributed by atoms with Crippen molar-refractivity contribution in [1.29, 1.82) is 0 Å². The molecule has 0 amide bonds. The third kappa shape index (κ3) is 2.90. The van der Waals surface area contributed by atoms with Crippen LogP contribution in [-0.4, -0.2) is 30.2 Å². The number of aromatic nitrogens is 3. The number of rotatable bonds is 5. The molecule has 7 nitrogen and oxygen atoms in total. The van der Waals surface area contributed by atoms with E-state index in [1.165, 1.54) is 18.3 Å². The molecule has 0 aliphatic rings. The van der Waals surface area contributed by atoms with Crippen LogP contribution in [0.3, 0.4) is 0 Å². The third-order valence-electron chi connectivity index (χ3n) is 2.78. The molecule has 0 aromatic carbocycles. The molecule has 2 aromatic rings. The number of hydrogen-bond donors (Lipinski definition) is 2. The Morgan fingerprint density at radius 2 is 2.15 bits per heavy atom. The smallest absolute Gasteiger partial charge is 0.262 e. The SMILES string of the molecule is CCc1nn(C)cc1NS(=O)(=O)c1ccnc(NC)c1. The van der Waals surface area contributed by atoms with Gasteiger partial charge >= 0.3 is 0 Å². The number of nitrogens with one attached hydrogen (secondary N) is 2. The summed E-state index contributed by atoms with van der Waals surface area (Å²) in [5.74, 6) is 0.495. The standard InChI is InChI=1S/C12H17N5O2S/c1-4-10-11(8-17(3)15-10)16-20(18,19)9-5-6-14-12(7-9)13-2/h5-8,16H,4H2,1-3H3,(H,13,14). The Morgan fingerprint density at radius 1 is 1.40 bits per heavy atom. The van der Waals surface area contributed by atoms with E-state index < -0.39 is 10.0 Å². The highest BCUT2D eigenvalue weighted by atomic mass is 32.2. The molecule has 2 heterocycles. The highest BCUT2D eigenvalue weighted by Gasteiger charge is 2.18. The molecule has 2 N–H and O–H groups in total. The van der Waals surface area contributed by atoms with Crippen molar-refractivity contribution in [1.82, 2.24) is 14.8 Å². The molecule has 0 spiro atoms. The maximum absolute atomic E-state index is 12.3. The van der Waals surface area contributed by atoms with Gasteiger partial charge in [-0.15, -0.1) is 0 Å². The van der Waals surface area contributed by atoms with Crippen LogP contribution >= 0.6 is 0 Å². The van der Waals surface area contributed by atoms with E-state index in [-0.39, 0.29) is 4.90 Å². The van der Waals surface area contributed by atoms with Gasteiger partial charge in [0.05, 0.1) is 16.3 Å². The molecule has 0 saturated carbocycles. The zero-order valence-electron chi connectivity index (χ0n) is 11.6. The molecule has 0 unspecified atom stereocenters. The summed E-state index contributed by atoms with van der Waals surface area (Å²) >= 11 is 0. The molecule has 2 aromatic heterocycles. The molecule has 20 heavy (non-hydrogen) atoms. The van der Waals surface area contributed by atoms with Gasteiger partial charge in [-0.1, -0.05) is 6.92 Å². The molecule has 108 valence electrons. The fourth-order valence-corrected chi connectivity index (χ4v) is 2.88. The van der Waals surface area contributed by atoms with Gasteiger partial charge in [0.25, 0.3) is 10.0 Å². The number of nitrogens with zero attached hydrogens (tertiary/aromatic N) is 3. The van der Waals surface area contributed by atoms with E-state index in [9.17, 15) is 8.42 Å². The van der Waals surface area contributed by atoms with Crippen LogP contribution in [0.4, 0.5) is 11.5 Å². The third-order valence-corrected chi connectivity index (χ3v) is 4.15. The summed E-state index contributed by atoms with van der Waals surface area (Å²) in [6.07, 6.45) is 3.75. The van der Waals surface area contributed by atoms with Gasteiger partial charge in [0.2, 0.25) is 0 Å². The zero-order chi connectivity index (χ0) is 14.8. The summed E-state index contributed by atoms with van der Waals surface area (Å²) in [6, 6.07) is 2.93. The van der Waals surface area contributed by atoms with Gasteiger partial charge in [-0.2, -0.15) is 5.10 Å². The molecule has 0 bridgehead atoms. The molecule has 0 atom stereocenters.